The van der Waals surface area contributed by atoms with Crippen LogP contribution in [0.4, 0.5) is 5.69 Å². The van der Waals surface area contributed by atoms with Crippen molar-refractivity contribution in [1.29, 1.82) is 0 Å². The van der Waals surface area contributed by atoms with Crippen LogP contribution in [0.15, 0.2) is 18.2 Å². The number of carbonyl (C=O) groups excluding carboxylic acids is 1. The number of amides is 1. The van der Waals surface area contributed by atoms with Crippen LogP contribution in [-0.2, 0) is 9.59 Å². The number of unbranched alkanes of at least 4 members (excludes halogenated alkanes) is 1. The van der Waals surface area contributed by atoms with E-state index in [1.807, 2.05) is 13.0 Å². The second-order valence-electron chi connectivity index (χ2n) is 4.11. The highest BCUT2D eigenvalue weighted by molar-refractivity contribution is 6.31. The molecule has 0 aliphatic heterocycles. The maximum absolute atomic E-state index is 11.6. The van der Waals surface area contributed by atoms with E-state index in [2.05, 4.69) is 5.32 Å². The molecule has 5 heteroatoms. The van der Waals surface area contributed by atoms with Crippen molar-refractivity contribution in [3.05, 3.63) is 28.8 Å². The average Bonchev–Trinajstić information content (AvgIpc) is 2.29. The zero-order valence-corrected chi connectivity index (χ0v) is 11.0. The van der Waals surface area contributed by atoms with E-state index < -0.39 is 5.97 Å². The van der Waals surface area contributed by atoms with Crippen LogP contribution in [0.25, 0.3) is 0 Å². The largest absolute Gasteiger partial charge is 0.481 e. The fraction of sp³-hybridized carbons (Fsp3) is 0.385. The third kappa shape index (κ3) is 5.19. The molecule has 0 spiro atoms. The van der Waals surface area contributed by atoms with E-state index in [9.17, 15) is 9.59 Å². The highest BCUT2D eigenvalue weighted by atomic mass is 35.5. The first-order valence-corrected chi connectivity index (χ1v) is 6.14. The molecule has 0 atom stereocenters. The lowest BCUT2D eigenvalue weighted by molar-refractivity contribution is -0.137. The molecular weight excluding hydrogens is 254 g/mol. The van der Waals surface area contributed by atoms with Crippen molar-refractivity contribution in [1.82, 2.24) is 0 Å². The topological polar surface area (TPSA) is 66.4 Å². The summed E-state index contributed by atoms with van der Waals surface area (Å²) in [7, 11) is 0. The molecule has 0 fully saturated rings. The number of benzene rings is 1. The molecule has 0 aromatic heterocycles. The highest BCUT2D eigenvalue weighted by Gasteiger charge is 2.06. The van der Waals surface area contributed by atoms with E-state index in [0.29, 0.717) is 30.0 Å². The minimum atomic E-state index is -0.832. The number of aryl methyl sites for hydroxylation is 1. The minimum Gasteiger partial charge on any atom is -0.481 e. The number of hydrogen-bond donors (Lipinski definition) is 2. The average molecular weight is 270 g/mol. The maximum Gasteiger partial charge on any atom is 0.303 e. The third-order valence-electron chi connectivity index (χ3n) is 2.52. The number of nitrogens with one attached hydrogen (secondary N) is 1. The normalized spacial score (nSPS) is 10.1. The van der Waals surface area contributed by atoms with Gasteiger partial charge in [-0.2, -0.15) is 0 Å². The molecule has 0 heterocycles. The third-order valence-corrected chi connectivity index (χ3v) is 2.75. The Hall–Kier alpha value is -1.55. The van der Waals surface area contributed by atoms with Crippen LogP contribution in [0.5, 0.6) is 0 Å². The molecule has 0 unspecified atom stereocenters. The van der Waals surface area contributed by atoms with Gasteiger partial charge in [0.1, 0.15) is 0 Å². The van der Waals surface area contributed by atoms with Crippen LogP contribution in [0.1, 0.15) is 31.2 Å². The Morgan fingerprint density at radius 2 is 1.94 bits per heavy atom. The summed E-state index contributed by atoms with van der Waals surface area (Å²) in [6.45, 7) is 1.89. The number of halogens is 1. The molecule has 1 aromatic rings. The molecule has 2 N–H and O–H groups in total. The lowest BCUT2D eigenvalue weighted by Gasteiger charge is -2.08. The standard InChI is InChI=1S/C13H16ClNO3/c1-9-6-7-10(14)8-11(9)15-12(16)4-2-3-5-13(17)18/h6-8H,2-5H2,1H3,(H,15,16)(H,17,18). The fourth-order valence-corrected chi connectivity index (χ4v) is 1.68. The minimum absolute atomic E-state index is 0.101. The molecule has 0 aliphatic carbocycles. The summed E-state index contributed by atoms with van der Waals surface area (Å²) >= 11 is 5.85. The van der Waals surface area contributed by atoms with Crippen molar-refractivity contribution in [3.8, 4) is 0 Å². The molecule has 0 radical (unpaired) electrons. The molecule has 1 rings (SSSR count). The second kappa shape index (κ2) is 7.01. The van der Waals surface area contributed by atoms with Gasteiger partial charge in [0.25, 0.3) is 0 Å². The first kappa shape index (κ1) is 14.5. The van der Waals surface area contributed by atoms with Gasteiger partial charge in [-0.25, -0.2) is 0 Å². The molecule has 98 valence electrons. The fourth-order valence-electron chi connectivity index (χ4n) is 1.50. The first-order chi connectivity index (χ1) is 8.49. The Kier molecular flexibility index (Phi) is 5.65. The Labute approximate surface area is 111 Å². The number of rotatable bonds is 6. The van der Waals surface area contributed by atoms with Gasteiger partial charge in [-0.3, -0.25) is 9.59 Å². The number of carbonyl (C=O) groups is 2. The van der Waals surface area contributed by atoms with E-state index in [1.54, 1.807) is 12.1 Å². The van der Waals surface area contributed by atoms with Crippen LogP contribution >= 0.6 is 11.6 Å². The van der Waals surface area contributed by atoms with E-state index in [1.165, 1.54) is 0 Å². The van der Waals surface area contributed by atoms with Crippen LogP contribution in [0, 0.1) is 6.92 Å². The van der Waals surface area contributed by atoms with Gasteiger partial charge >= 0.3 is 5.97 Å². The van der Waals surface area contributed by atoms with Crippen LogP contribution in [-0.4, -0.2) is 17.0 Å². The Morgan fingerprint density at radius 1 is 1.28 bits per heavy atom. The predicted octanol–water partition coefficient (Wildman–Crippen LogP) is 3.23. The summed E-state index contributed by atoms with van der Waals surface area (Å²) in [5, 5.41) is 11.8. The van der Waals surface area contributed by atoms with Crippen LogP contribution in [0.2, 0.25) is 5.02 Å². The van der Waals surface area contributed by atoms with Gasteiger partial charge < -0.3 is 10.4 Å². The van der Waals surface area contributed by atoms with Gasteiger partial charge in [0.05, 0.1) is 0 Å². The van der Waals surface area contributed by atoms with E-state index in [0.717, 1.165) is 5.56 Å². The second-order valence-corrected chi connectivity index (χ2v) is 4.54. The highest BCUT2D eigenvalue weighted by Crippen LogP contribution is 2.20. The summed E-state index contributed by atoms with van der Waals surface area (Å²) < 4.78 is 0. The molecule has 18 heavy (non-hydrogen) atoms. The van der Waals surface area contributed by atoms with Gasteiger partial charge in [0, 0.05) is 23.6 Å². The van der Waals surface area contributed by atoms with Crippen molar-refractivity contribution in [2.75, 3.05) is 5.32 Å². The molecule has 1 amide bonds. The molecule has 4 nitrogen and oxygen atoms in total. The Morgan fingerprint density at radius 3 is 2.61 bits per heavy atom. The molecule has 0 bridgehead atoms. The van der Waals surface area contributed by atoms with Crippen molar-refractivity contribution >= 4 is 29.2 Å². The van der Waals surface area contributed by atoms with E-state index in [-0.39, 0.29) is 12.3 Å². The number of aliphatic carboxylic acids is 1. The summed E-state index contributed by atoms with van der Waals surface area (Å²) in [5.41, 5.74) is 1.64. The number of carboxylic acid groups (broad SMARTS) is 1. The van der Waals surface area contributed by atoms with Gasteiger partial charge in [-0.05, 0) is 37.5 Å². The molecular formula is C13H16ClNO3. The molecule has 0 saturated heterocycles. The summed E-state index contributed by atoms with van der Waals surface area (Å²) in [5.74, 6) is -0.952. The Balaban J connectivity index is 2.40. The summed E-state index contributed by atoms with van der Waals surface area (Å²) in [6.07, 6.45) is 1.50. The van der Waals surface area contributed by atoms with Crippen LogP contribution in [0.3, 0.4) is 0 Å². The molecule has 1 aromatic carbocycles. The van der Waals surface area contributed by atoms with Crippen molar-refractivity contribution in [2.24, 2.45) is 0 Å². The van der Waals surface area contributed by atoms with Crippen molar-refractivity contribution < 1.29 is 14.7 Å². The smallest absolute Gasteiger partial charge is 0.303 e. The van der Waals surface area contributed by atoms with E-state index >= 15 is 0 Å². The Bertz CT molecular complexity index is 446. The van der Waals surface area contributed by atoms with E-state index in [4.69, 9.17) is 16.7 Å². The quantitative estimate of drug-likeness (QED) is 0.779. The molecule has 0 saturated carbocycles. The number of carboxylic acids is 1. The van der Waals surface area contributed by atoms with Crippen molar-refractivity contribution in [2.45, 2.75) is 32.6 Å². The van der Waals surface area contributed by atoms with Gasteiger partial charge in [-0.1, -0.05) is 17.7 Å². The lowest BCUT2D eigenvalue weighted by Crippen LogP contribution is -2.12. The van der Waals surface area contributed by atoms with Gasteiger partial charge in [0.2, 0.25) is 5.91 Å². The zero-order valence-electron chi connectivity index (χ0n) is 10.2. The SMILES string of the molecule is Cc1ccc(Cl)cc1NC(=O)CCCCC(=O)O. The van der Waals surface area contributed by atoms with Crippen LogP contribution < -0.4 is 5.32 Å². The molecule has 0 aliphatic rings. The first-order valence-electron chi connectivity index (χ1n) is 5.77. The monoisotopic (exact) mass is 269 g/mol. The number of hydrogen-bond acceptors (Lipinski definition) is 2. The van der Waals surface area contributed by atoms with Crippen molar-refractivity contribution in [3.63, 3.8) is 0 Å². The maximum atomic E-state index is 11.6. The van der Waals surface area contributed by atoms with Gasteiger partial charge in [0.15, 0.2) is 0 Å². The van der Waals surface area contributed by atoms with Gasteiger partial charge in [-0.15, -0.1) is 0 Å². The zero-order chi connectivity index (χ0) is 13.5. The number of anilines is 1. The summed E-state index contributed by atoms with van der Waals surface area (Å²) in [4.78, 5) is 21.9. The predicted molar refractivity (Wildman–Crippen MR) is 70.9 cm³/mol. The lowest BCUT2D eigenvalue weighted by atomic mass is 10.1. The summed E-state index contributed by atoms with van der Waals surface area (Å²) in [6, 6.07) is 5.30.